The Morgan fingerprint density at radius 2 is 1.58 bits per heavy atom. The molecule has 162 valence electrons. The van der Waals surface area contributed by atoms with E-state index in [1.54, 1.807) is 27.5 Å². The fraction of sp³-hybridized carbons (Fsp3) is 0.208. The Morgan fingerprint density at radius 1 is 0.839 bits per heavy atom. The number of hydrazone groups is 1. The summed E-state index contributed by atoms with van der Waals surface area (Å²) < 4.78 is 22.9. The van der Waals surface area contributed by atoms with Crippen LogP contribution in [0, 0.1) is 0 Å². The van der Waals surface area contributed by atoms with Crippen LogP contribution in [0.4, 0.5) is 0 Å². The maximum Gasteiger partial charge on any atom is 0.175 e. The highest BCUT2D eigenvalue weighted by molar-refractivity contribution is 9.10. The van der Waals surface area contributed by atoms with Gasteiger partial charge in [0, 0.05) is 0 Å². The number of methoxy groups -OCH3 is 3. The van der Waals surface area contributed by atoms with Crippen molar-refractivity contribution in [1.29, 1.82) is 0 Å². The molecule has 0 radical (unpaired) electrons. The predicted octanol–water partition coefficient (Wildman–Crippen LogP) is 5.18. The van der Waals surface area contributed by atoms with Crippen molar-refractivity contribution in [2.24, 2.45) is 5.10 Å². The summed E-state index contributed by atoms with van der Waals surface area (Å²) in [4.78, 5) is 0. The molecule has 3 rings (SSSR count). The number of hydrogen-bond donors (Lipinski definition) is 1. The van der Waals surface area contributed by atoms with Crippen molar-refractivity contribution in [2.75, 3.05) is 21.3 Å². The summed E-state index contributed by atoms with van der Waals surface area (Å²) in [6.07, 6.45) is 1.73. The van der Waals surface area contributed by atoms with Crippen molar-refractivity contribution >= 4 is 22.1 Å². The Labute approximate surface area is 190 Å². The van der Waals surface area contributed by atoms with Crippen LogP contribution in [0.15, 0.2) is 70.2 Å². The van der Waals surface area contributed by atoms with Crippen molar-refractivity contribution < 1.29 is 18.9 Å². The molecule has 0 saturated heterocycles. The fourth-order valence-electron chi connectivity index (χ4n) is 2.93. The van der Waals surface area contributed by atoms with Crippen LogP contribution < -0.4 is 24.4 Å². The second-order valence-corrected chi connectivity index (χ2v) is 7.45. The minimum atomic E-state index is 0.454. The zero-order valence-corrected chi connectivity index (χ0v) is 19.3. The zero-order chi connectivity index (χ0) is 22.1. The fourth-order valence-corrected chi connectivity index (χ4v) is 3.51. The number of hydrogen-bond acceptors (Lipinski definition) is 6. The van der Waals surface area contributed by atoms with Gasteiger partial charge in [-0.25, -0.2) is 0 Å². The Hall–Kier alpha value is -3.19. The van der Waals surface area contributed by atoms with Gasteiger partial charge in [0.05, 0.1) is 38.6 Å². The van der Waals surface area contributed by atoms with Crippen LogP contribution in [-0.2, 0) is 13.2 Å². The third kappa shape index (κ3) is 6.15. The van der Waals surface area contributed by atoms with Crippen molar-refractivity contribution in [3.05, 3.63) is 81.8 Å². The van der Waals surface area contributed by atoms with E-state index < -0.39 is 0 Å². The molecular weight excluding hydrogens is 460 g/mol. The SMILES string of the molecule is COc1ccc(CN/N=C\c2cc(Br)c(OCc3ccccc3)c(OC)c2)cc1OC. The highest BCUT2D eigenvalue weighted by Gasteiger charge is 2.11. The van der Waals surface area contributed by atoms with Gasteiger partial charge in [-0.2, -0.15) is 5.10 Å². The molecular formula is C24H25BrN2O4. The van der Waals surface area contributed by atoms with E-state index in [0.29, 0.717) is 36.1 Å². The van der Waals surface area contributed by atoms with Gasteiger partial charge in [-0.3, -0.25) is 0 Å². The van der Waals surface area contributed by atoms with Gasteiger partial charge in [0.1, 0.15) is 6.61 Å². The first-order valence-corrected chi connectivity index (χ1v) is 10.4. The van der Waals surface area contributed by atoms with Crippen LogP contribution in [0.2, 0.25) is 0 Å². The van der Waals surface area contributed by atoms with Crippen LogP contribution in [0.3, 0.4) is 0 Å². The van der Waals surface area contributed by atoms with Crippen LogP contribution in [0.1, 0.15) is 16.7 Å². The second-order valence-electron chi connectivity index (χ2n) is 6.59. The maximum absolute atomic E-state index is 5.97. The van der Waals surface area contributed by atoms with E-state index in [0.717, 1.165) is 21.2 Å². The van der Waals surface area contributed by atoms with E-state index in [1.807, 2.05) is 60.7 Å². The molecule has 0 aliphatic rings. The lowest BCUT2D eigenvalue weighted by Gasteiger charge is -2.13. The van der Waals surface area contributed by atoms with Gasteiger partial charge in [-0.15, -0.1) is 0 Å². The first kappa shape index (κ1) is 22.5. The van der Waals surface area contributed by atoms with Crippen molar-refractivity contribution in [1.82, 2.24) is 5.43 Å². The smallest absolute Gasteiger partial charge is 0.175 e. The molecule has 3 aromatic rings. The number of rotatable bonds is 10. The Kier molecular flexibility index (Phi) is 8.18. The van der Waals surface area contributed by atoms with Gasteiger partial charge in [0.25, 0.3) is 0 Å². The molecule has 0 unspecified atom stereocenters. The monoisotopic (exact) mass is 484 g/mol. The molecule has 0 bridgehead atoms. The lowest BCUT2D eigenvalue weighted by atomic mass is 10.2. The molecule has 0 aliphatic carbocycles. The topological polar surface area (TPSA) is 61.3 Å². The van der Waals surface area contributed by atoms with Crippen molar-refractivity contribution in [3.63, 3.8) is 0 Å². The maximum atomic E-state index is 5.97. The standard InChI is InChI=1S/C24H25BrN2O4/c1-28-21-10-9-18(12-22(21)29-2)14-26-27-15-19-11-20(25)24(23(13-19)30-3)31-16-17-7-5-4-6-8-17/h4-13,15,26H,14,16H2,1-3H3/b27-15-. The summed E-state index contributed by atoms with van der Waals surface area (Å²) in [5, 5.41) is 4.31. The van der Waals surface area contributed by atoms with Gasteiger partial charge in [0.15, 0.2) is 23.0 Å². The minimum absolute atomic E-state index is 0.454. The van der Waals surface area contributed by atoms with E-state index in [9.17, 15) is 0 Å². The first-order valence-electron chi connectivity index (χ1n) is 9.65. The van der Waals surface area contributed by atoms with Crippen LogP contribution in [0.25, 0.3) is 0 Å². The van der Waals surface area contributed by atoms with E-state index >= 15 is 0 Å². The summed E-state index contributed by atoms with van der Waals surface area (Å²) in [5.41, 5.74) is 6.02. The van der Waals surface area contributed by atoms with Crippen LogP contribution in [0.5, 0.6) is 23.0 Å². The van der Waals surface area contributed by atoms with Crippen molar-refractivity contribution in [3.8, 4) is 23.0 Å². The number of halogens is 1. The average Bonchev–Trinajstić information content (AvgIpc) is 2.81. The van der Waals surface area contributed by atoms with Crippen molar-refractivity contribution in [2.45, 2.75) is 13.2 Å². The van der Waals surface area contributed by atoms with E-state index in [4.69, 9.17) is 18.9 Å². The molecule has 1 N–H and O–H groups in total. The molecule has 6 nitrogen and oxygen atoms in total. The number of benzene rings is 3. The summed E-state index contributed by atoms with van der Waals surface area (Å²) in [5.74, 6) is 2.67. The first-order chi connectivity index (χ1) is 15.1. The highest BCUT2D eigenvalue weighted by Crippen LogP contribution is 2.36. The molecule has 0 atom stereocenters. The summed E-state index contributed by atoms with van der Waals surface area (Å²) in [6, 6.07) is 19.6. The van der Waals surface area contributed by atoms with Crippen LogP contribution >= 0.6 is 15.9 Å². The molecule has 0 aliphatic heterocycles. The quantitative estimate of drug-likeness (QED) is 0.317. The molecule has 0 aromatic heterocycles. The van der Waals surface area contributed by atoms with Gasteiger partial charge in [-0.1, -0.05) is 36.4 Å². The van der Waals surface area contributed by atoms with Gasteiger partial charge in [0.2, 0.25) is 0 Å². The molecule has 3 aromatic carbocycles. The number of nitrogens with zero attached hydrogens (tertiary/aromatic N) is 1. The van der Waals surface area contributed by atoms with Gasteiger partial charge >= 0.3 is 0 Å². The summed E-state index contributed by atoms with van der Waals surface area (Å²) in [7, 11) is 4.85. The molecule has 0 heterocycles. The van der Waals surface area contributed by atoms with Gasteiger partial charge < -0.3 is 24.4 Å². The second kappa shape index (κ2) is 11.3. The Morgan fingerprint density at radius 3 is 2.29 bits per heavy atom. The Bertz CT molecular complexity index is 1030. The predicted molar refractivity (Wildman–Crippen MR) is 125 cm³/mol. The minimum Gasteiger partial charge on any atom is -0.493 e. The van der Waals surface area contributed by atoms with E-state index in [2.05, 4.69) is 26.5 Å². The third-order valence-electron chi connectivity index (χ3n) is 4.51. The highest BCUT2D eigenvalue weighted by atomic mass is 79.9. The number of ether oxygens (including phenoxy) is 4. The van der Waals surface area contributed by atoms with E-state index in [-0.39, 0.29) is 0 Å². The largest absolute Gasteiger partial charge is 0.493 e. The summed E-state index contributed by atoms with van der Waals surface area (Å²) >= 11 is 3.57. The average molecular weight is 485 g/mol. The lowest BCUT2D eigenvalue weighted by molar-refractivity contribution is 0.282. The van der Waals surface area contributed by atoms with Crippen LogP contribution in [-0.4, -0.2) is 27.5 Å². The van der Waals surface area contributed by atoms with E-state index in [1.165, 1.54) is 0 Å². The molecule has 0 spiro atoms. The molecule has 31 heavy (non-hydrogen) atoms. The summed E-state index contributed by atoms with van der Waals surface area (Å²) in [6.45, 7) is 1.00. The van der Waals surface area contributed by atoms with Gasteiger partial charge in [-0.05, 0) is 56.9 Å². The molecule has 0 amide bonds. The normalized spacial score (nSPS) is 10.7. The molecule has 0 fully saturated rings. The third-order valence-corrected chi connectivity index (χ3v) is 5.10. The molecule has 0 saturated carbocycles. The zero-order valence-electron chi connectivity index (χ0n) is 17.7. The molecule has 7 heteroatoms. The number of nitrogens with one attached hydrogen (secondary N) is 1. The lowest BCUT2D eigenvalue weighted by Crippen LogP contribution is -2.06. The Balaban J connectivity index is 1.63.